The van der Waals surface area contributed by atoms with Crippen molar-refractivity contribution in [3.63, 3.8) is 0 Å². The van der Waals surface area contributed by atoms with Gasteiger partial charge in [-0.05, 0) is 43.2 Å². The van der Waals surface area contributed by atoms with Crippen LogP contribution in [0.1, 0.15) is 16.7 Å². The van der Waals surface area contributed by atoms with Crippen molar-refractivity contribution in [3.05, 3.63) is 59.2 Å². The summed E-state index contributed by atoms with van der Waals surface area (Å²) < 4.78 is 1.50. The third kappa shape index (κ3) is 2.21. The summed E-state index contributed by atoms with van der Waals surface area (Å²) >= 11 is 0. The summed E-state index contributed by atoms with van der Waals surface area (Å²) in [6.45, 7) is 4.10. The minimum Gasteiger partial charge on any atom is -0.382 e. The van der Waals surface area contributed by atoms with E-state index < -0.39 is 0 Å². The van der Waals surface area contributed by atoms with E-state index in [9.17, 15) is 5.26 Å². The Morgan fingerprint density at radius 1 is 1.09 bits per heavy atom. The molecule has 0 saturated heterocycles. The van der Waals surface area contributed by atoms with E-state index in [0.717, 1.165) is 5.56 Å². The molecule has 2 N–H and O–H groups in total. The number of rotatable bonds is 2. The first kappa shape index (κ1) is 13.8. The minimum absolute atomic E-state index is 0.422. The lowest BCUT2D eigenvalue weighted by Crippen LogP contribution is -2.04. The Bertz CT molecular complexity index is 886. The van der Waals surface area contributed by atoms with Gasteiger partial charge < -0.3 is 5.73 Å². The fourth-order valence-electron chi connectivity index (χ4n) is 2.31. The molecule has 0 aliphatic heterocycles. The first-order valence-corrected chi connectivity index (χ1v) is 6.90. The molecule has 5 heteroatoms. The zero-order valence-corrected chi connectivity index (χ0v) is 12.4. The van der Waals surface area contributed by atoms with Crippen LogP contribution in [0.4, 0.5) is 5.82 Å². The quantitative estimate of drug-likeness (QED) is 0.786. The van der Waals surface area contributed by atoms with Crippen molar-refractivity contribution in [1.29, 1.82) is 5.26 Å². The summed E-state index contributed by atoms with van der Waals surface area (Å²) in [5.74, 6) is 0.422. The molecule has 1 aromatic heterocycles. The molecule has 0 amide bonds. The Hall–Kier alpha value is -3.13. The third-order valence-electron chi connectivity index (χ3n) is 3.74. The normalized spacial score (nSPS) is 10.4. The molecule has 2 aromatic carbocycles. The van der Waals surface area contributed by atoms with Crippen molar-refractivity contribution in [2.45, 2.75) is 13.8 Å². The van der Waals surface area contributed by atoms with E-state index in [4.69, 9.17) is 5.73 Å². The molecule has 0 saturated carbocycles. The van der Waals surface area contributed by atoms with E-state index in [1.54, 1.807) is 18.2 Å². The number of hydrogen-bond donors (Lipinski definition) is 1. The average molecular weight is 289 g/mol. The number of para-hydroxylation sites is 1. The number of nitrogens with zero attached hydrogens (tertiary/aromatic N) is 4. The van der Waals surface area contributed by atoms with Gasteiger partial charge in [-0.3, -0.25) is 0 Å². The molecule has 3 aromatic rings. The van der Waals surface area contributed by atoms with Gasteiger partial charge in [0.1, 0.15) is 11.8 Å². The number of anilines is 1. The van der Waals surface area contributed by atoms with Crippen LogP contribution in [0, 0.1) is 25.2 Å². The molecule has 0 aliphatic carbocycles. The lowest BCUT2D eigenvalue weighted by Gasteiger charge is -2.06. The van der Waals surface area contributed by atoms with Crippen LogP contribution in [-0.4, -0.2) is 15.0 Å². The van der Waals surface area contributed by atoms with Crippen LogP contribution < -0.4 is 5.73 Å². The van der Waals surface area contributed by atoms with Crippen LogP contribution in [0.15, 0.2) is 42.5 Å². The van der Waals surface area contributed by atoms with Gasteiger partial charge in [0, 0.05) is 5.56 Å². The molecule has 5 nitrogen and oxygen atoms in total. The lowest BCUT2D eigenvalue weighted by atomic mass is 10.0. The molecule has 108 valence electrons. The van der Waals surface area contributed by atoms with Crippen molar-refractivity contribution in [2.75, 3.05) is 5.73 Å². The molecule has 0 spiro atoms. The molecular formula is C17H15N5. The molecule has 1 heterocycles. The highest BCUT2D eigenvalue weighted by Gasteiger charge is 2.15. The van der Waals surface area contributed by atoms with Crippen molar-refractivity contribution in [3.8, 4) is 23.0 Å². The van der Waals surface area contributed by atoms with Gasteiger partial charge in [-0.2, -0.15) is 9.94 Å². The fourth-order valence-corrected chi connectivity index (χ4v) is 2.31. The minimum atomic E-state index is 0.422. The second-order valence-corrected chi connectivity index (χ2v) is 5.16. The largest absolute Gasteiger partial charge is 0.382 e. The number of hydrogen-bond acceptors (Lipinski definition) is 4. The summed E-state index contributed by atoms with van der Waals surface area (Å²) in [5, 5.41) is 17.5. The Balaban J connectivity index is 2.13. The first-order chi connectivity index (χ1) is 10.6. The lowest BCUT2D eigenvalue weighted by molar-refractivity contribution is 0.808. The summed E-state index contributed by atoms with van der Waals surface area (Å²) in [4.78, 5) is 0. The van der Waals surface area contributed by atoms with Crippen LogP contribution in [0.5, 0.6) is 0 Å². The molecule has 0 bridgehead atoms. The first-order valence-electron chi connectivity index (χ1n) is 6.90. The van der Waals surface area contributed by atoms with Gasteiger partial charge in [0.05, 0.1) is 11.3 Å². The molecular weight excluding hydrogens is 274 g/mol. The predicted molar refractivity (Wildman–Crippen MR) is 85.4 cm³/mol. The van der Waals surface area contributed by atoms with Crippen molar-refractivity contribution < 1.29 is 0 Å². The van der Waals surface area contributed by atoms with Gasteiger partial charge >= 0.3 is 0 Å². The molecule has 0 aliphatic rings. The highest BCUT2D eigenvalue weighted by molar-refractivity contribution is 5.72. The molecule has 22 heavy (non-hydrogen) atoms. The fraction of sp³-hybridized carbons (Fsp3) is 0.118. The van der Waals surface area contributed by atoms with Gasteiger partial charge in [0.25, 0.3) is 0 Å². The number of nitrogens with two attached hydrogens (primary N) is 1. The number of nitrogen functional groups attached to an aromatic ring is 1. The van der Waals surface area contributed by atoms with E-state index in [-0.39, 0.29) is 0 Å². The SMILES string of the molecule is Cc1ccc(-c2nnn(-c3ccccc3C#N)c2N)cc1C. The summed E-state index contributed by atoms with van der Waals surface area (Å²) in [6, 6.07) is 15.4. The van der Waals surface area contributed by atoms with Gasteiger partial charge in [-0.15, -0.1) is 5.10 Å². The van der Waals surface area contributed by atoms with E-state index in [2.05, 4.69) is 23.3 Å². The second-order valence-electron chi connectivity index (χ2n) is 5.16. The smallest absolute Gasteiger partial charge is 0.155 e. The topological polar surface area (TPSA) is 80.5 Å². The third-order valence-corrected chi connectivity index (χ3v) is 3.74. The molecule has 0 unspecified atom stereocenters. The van der Waals surface area contributed by atoms with Crippen LogP contribution >= 0.6 is 0 Å². The van der Waals surface area contributed by atoms with Crippen LogP contribution in [0.2, 0.25) is 0 Å². The van der Waals surface area contributed by atoms with Crippen molar-refractivity contribution in [1.82, 2.24) is 15.0 Å². The highest BCUT2D eigenvalue weighted by atomic mass is 15.5. The van der Waals surface area contributed by atoms with Gasteiger partial charge in [0.2, 0.25) is 0 Å². The Morgan fingerprint density at radius 3 is 2.59 bits per heavy atom. The molecule has 0 radical (unpaired) electrons. The standard InChI is InChI=1S/C17H15N5/c1-11-7-8-13(9-12(11)2)16-17(19)22(21-20-16)15-6-4-3-5-14(15)10-18/h3-9H,19H2,1-2H3. The maximum Gasteiger partial charge on any atom is 0.155 e. The monoisotopic (exact) mass is 289 g/mol. The zero-order valence-electron chi connectivity index (χ0n) is 12.4. The Kier molecular flexibility index (Phi) is 3.36. The summed E-state index contributed by atoms with van der Waals surface area (Å²) in [6.07, 6.45) is 0. The van der Waals surface area contributed by atoms with Crippen LogP contribution in [-0.2, 0) is 0 Å². The van der Waals surface area contributed by atoms with Crippen molar-refractivity contribution >= 4 is 5.82 Å². The zero-order chi connectivity index (χ0) is 15.7. The van der Waals surface area contributed by atoms with Crippen LogP contribution in [0.25, 0.3) is 16.9 Å². The van der Waals surface area contributed by atoms with E-state index in [1.165, 1.54) is 15.8 Å². The van der Waals surface area contributed by atoms with Crippen molar-refractivity contribution in [2.24, 2.45) is 0 Å². The average Bonchev–Trinajstić information content (AvgIpc) is 2.91. The summed E-state index contributed by atoms with van der Waals surface area (Å²) in [7, 11) is 0. The molecule has 3 rings (SSSR count). The number of aryl methyl sites for hydroxylation is 2. The van der Waals surface area contributed by atoms with Gasteiger partial charge in [0.15, 0.2) is 5.82 Å². The Labute approximate surface area is 128 Å². The predicted octanol–water partition coefficient (Wildman–Crippen LogP) is 3.01. The van der Waals surface area contributed by atoms with Crippen LogP contribution in [0.3, 0.4) is 0 Å². The number of aromatic nitrogens is 3. The molecule has 0 fully saturated rings. The second kappa shape index (κ2) is 5.34. The number of benzene rings is 2. The maximum absolute atomic E-state index is 9.21. The highest BCUT2D eigenvalue weighted by Crippen LogP contribution is 2.27. The molecule has 0 atom stereocenters. The van der Waals surface area contributed by atoms with E-state index >= 15 is 0 Å². The maximum atomic E-state index is 9.21. The number of nitriles is 1. The Morgan fingerprint density at radius 2 is 1.86 bits per heavy atom. The van der Waals surface area contributed by atoms with Gasteiger partial charge in [-0.25, -0.2) is 0 Å². The van der Waals surface area contributed by atoms with E-state index in [1.807, 2.05) is 31.2 Å². The van der Waals surface area contributed by atoms with Gasteiger partial charge in [-0.1, -0.05) is 29.5 Å². The summed E-state index contributed by atoms with van der Waals surface area (Å²) in [5.41, 5.74) is 11.3. The van der Waals surface area contributed by atoms with E-state index in [0.29, 0.717) is 22.8 Å².